The molecule has 0 spiro atoms. The quantitative estimate of drug-likeness (QED) is 0.800. The molecule has 3 rings (SSSR count). The molecule has 2 aromatic rings. The molecule has 0 saturated carbocycles. The summed E-state index contributed by atoms with van der Waals surface area (Å²) in [5, 5.41) is 12.0. The van der Waals surface area contributed by atoms with E-state index in [0.717, 1.165) is 30.6 Å². The summed E-state index contributed by atoms with van der Waals surface area (Å²) in [6, 6.07) is 16.4. The Morgan fingerprint density at radius 1 is 1.12 bits per heavy atom. The molecule has 2 aromatic carbocycles. The molecule has 1 amide bonds. The van der Waals surface area contributed by atoms with Crippen LogP contribution in [0.3, 0.4) is 0 Å². The van der Waals surface area contributed by atoms with Crippen molar-refractivity contribution in [2.75, 3.05) is 6.61 Å². The zero-order chi connectivity index (χ0) is 18.4. The second-order valence-corrected chi connectivity index (χ2v) is 6.51. The van der Waals surface area contributed by atoms with E-state index < -0.39 is 5.97 Å². The average molecular weight is 353 g/mol. The molecule has 26 heavy (non-hydrogen) atoms. The maximum Gasteiger partial charge on any atom is 0.335 e. The van der Waals surface area contributed by atoms with Crippen LogP contribution in [-0.2, 0) is 16.0 Å². The van der Waals surface area contributed by atoms with Gasteiger partial charge in [-0.15, -0.1) is 0 Å². The highest BCUT2D eigenvalue weighted by molar-refractivity contribution is 5.87. The molecular formula is C21H23NO4. The van der Waals surface area contributed by atoms with Gasteiger partial charge >= 0.3 is 5.97 Å². The molecule has 1 aliphatic heterocycles. The van der Waals surface area contributed by atoms with Crippen molar-refractivity contribution >= 4 is 11.9 Å². The van der Waals surface area contributed by atoms with Crippen LogP contribution >= 0.6 is 0 Å². The van der Waals surface area contributed by atoms with Gasteiger partial charge in [-0.2, -0.15) is 0 Å². The monoisotopic (exact) mass is 353 g/mol. The first-order valence-electron chi connectivity index (χ1n) is 8.91. The van der Waals surface area contributed by atoms with Gasteiger partial charge in [0, 0.05) is 13.0 Å². The molecule has 0 radical (unpaired) electrons. The van der Waals surface area contributed by atoms with Crippen LogP contribution in [-0.4, -0.2) is 29.7 Å². The lowest BCUT2D eigenvalue weighted by atomic mass is 9.99. The highest BCUT2D eigenvalue weighted by Gasteiger charge is 2.28. The number of amides is 1. The Morgan fingerprint density at radius 2 is 1.85 bits per heavy atom. The largest absolute Gasteiger partial charge is 0.478 e. The number of aryl methyl sites for hydroxylation is 1. The summed E-state index contributed by atoms with van der Waals surface area (Å²) >= 11 is 0. The van der Waals surface area contributed by atoms with Gasteiger partial charge in [0.05, 0.1) is 17.7 Å². The highest BCUT2D eigenvalue weighted by atomic mass is 16.5. The molecule has 2 N–H and O–H groups in total. The topological polar surface area (TPSA) is 75.6 Å². The van der Waals surface area contributed by atoms with Crippen molar-refractivity contribution in [3.63, 3.8) is 0 Å². The first-order valence-corrected chi connectivity index (χ1v) is 8.91. The molecule has 0 aliphatic carbocycles. The van der Waals surface area contributed by atoms with Crippen LogP contribution in [0, 0.1) is 0 Å². The van der Waals surface area contributed by atoms with E-state index in [2.05, 4.69) is 5.32 Å². The zero-order valence-corrected chi connectivity index (χ0v) is 14.6. The number of rotatable bonds is 7. The standard InChI is InChI=1S/C21H23NO4/c23-19(13-10-15-8-11-17(12-9-15)21(24)25)22-20(18-7-4-14-26-18)16-5-2-1-3-6-16/h1-3,5-6,8-9,11-12,18,20H,4,7,10,13-14H2,(H,22,23)(H,24,25). The molecule has 136 valence electrons. The Balaban J connectivity index is 1.60. The number of carbonyl (C=O) groups excluding carboxylic acids is 1. The van der Waals surface area contributed by atoms with Crippen LogP contribution in [0.25, 0.3) is 0 Å². The summed E-state index contributed by atoms with van der Waals surface area (Å²) in [4.78, 5) is 23.4. The van der Waals surface area contributed by atoms with Crippen molar-refractivity contribution in [2.45, 2.75) is 37.8 Å². The lowest BCUT2D eigenvalue weighted by Crippen LogP contribution is -2.36. The van der Waals surface area contributed by atoms with Gasteiger partial charge in [-0.25, -0.2) is 4.79 Å². The summed E-state index contributed by atoms with van der Waals surface area (Å²) in [6.07, 6.45) is 2.88. The van der Waals surface area contributed by atoms with Gasteiger partial charge in [-0.1, -0.05) is 42.5 Å². The predicted molar refractivity (Wildman–Crippen MR) is 98.0 cm³/mol. The predicted octanol–water partition coefficient (Wildman–Crippen LogP) is 3.35. The van der Waals surface area contributed by atoms with E-state index in [0.29, 0.717) is 12.8 Å². The molecule has 0 bridgehead atoms. The molecule has 2 unspecified atom stereocenters. The van der Waals surface area contributed by atoms with Crippen LogP contribution in [0.5, 0.6) is 0 Å². The van der Waals surface area contributed by atoms with Gasteiger partial charge in [-0.3, -0.25) is 4.79 Å². The Kier molecular flexibility index (Phi) is 6.02. The number of carboxylic acid groups (broad SMARTS) is 1. The Morgan fingerprint density at radius 3 is 2.46 bits per heavy atom. The summed E-state index contributed by atoms with van der Waals surface area (Å²) in [6.45, 7) is 0.736. The van der Waals surface area contributed by atoms with E-state index in [4.69, 9.17) is 9.84 Å². The molecule has 1 heterocycles. The first kappa shape index (κ1) is 18.1. The van der Waals surface area contributed by atoms with Gasteiger partial charge in [0.15, 0.2) is 0 Å². The number of aromatic carboxylic acids is 1. The number of carboxylic acids is 1. The molecular weight excluding hydrogens is 330 g/mol. The van der Waals surface area contributed by atoms with Gasteiger partial charge in [0.2, 0.25) is 5.91 Å². The SMILES string of the molecule is O=C(CCc1ccc(C(=O)O)cc1)NC(c1ccccc1)C1CCCO1. The minimum atomic E-state index is -0.948. The summed E-state index contributed by atoms with van der Waals surface area (Å²) in [7, 11) is 0. The fourth-order valence-corrected chi connectivity index (χ4v) is 3.23. The van der Waals surface area contributed by atoms with Crippen LogP contribution in [0.15, 0.2) is 54.6 Å². The molecule has 0 aromatic heterocycles. The number of carbonyl (C=O) groups is 2. The molecule has 5 nitrogen and oxygen atoms in total. The summed E-state index contributed by atoms with van der Waals surface area (Å²) < 4.78 is 5.80. The Hall–Kier alpha value is -2.66. The smallest absolute Gasteiger partial charge is 0.335 e. The third-order valence-electron chi connectivity index (χ3n) is 4.65. The maximum atomic E-state index is 12.5. The first-order chi connectivity index (χ1) is 12.6. The van der Waals surface area contributed by atoms with Crippen LogP contribution in [0.4, 0.5) is 0 Å². The van der Waals surface area contributed by atoms with Gasteiger partial charge in [0.25, 0.3) is 0 Å². The van der Waals surface area contributed by atoms with Crippen molar-refractivity contribution in [3.8, 4) is 0 Å². The van der Waals surface area contributed by atoms with E-state index in [9.17, 15) is 9.59 Å². The average Bonchev–Trinajstić information content (AvgIpc) is 3.20. The fourth-order valence-electron chi connectivity index (χ4n) is 3.23. The minimum absolute atomic E-state index is 0.0104. The number of hydrogen-bond donors (Lipinski definition) is 2. The lowest BCUT2D eigenvalue weighted by molar-refractivity contribution is -0.122. The van der Waals surface area contributed by atoms with Crippen molar-refractivity contribution in [1.82, 2.24) is 5.32 Å². The second kappa shape index (κ2) is 8.63. The molecule has 1 fully saturated rings. The Labute approximate surface area is 153 Å². The third-order valence-corrected chi connectivity index (χ3v) is 4.65. The lowest BCUT2D eigenvalue weighted by Gasteiger charge is -2.24. The molecule has 1 aliphatic rings. The number of nitrogens with one attached hydrogen (secondary N) is 1. The van der Waals surface area contributed by atoms with Crippen LogP contribution in [0.1, 0.15) is 46.8 Å². The van der Waals surface area contributed by atoms with Crippen molar-refractivity contribution in [3.05, 3.63) is 71.3 Å². The van der Waals surface area contributed by atoms with Crippen LogP contribution < -0.4 is 5.32 Å². The third kappa shape index (κ3) is 4.70. The van der Waals surface area contributed by atoms with Gasteiger partial charge in [0.1, 0.15) is 0 Å². The van der Waals surface area contributed by atoms with Crippen molar-refractivity contribution in [2.24, 2.45) is 0 Å². The zero-order valence-electron chi connectivity index (χ0n) is 14.6. The van der Waals surface area contributed by atoms with Crippen molar-refractivity contribution in [1.29, 1.82) is 0 Å². The highest BCUT2D eigenvalue weighted by Crippen LogP contribution is 2.27. The van der Waals surface area contributed by atoms with Crippen LogP contribution in [0.2, 0.25) is 0 Å². The number of hydrogen-bond acceptors (Lipinski definition) is 3. The minimum Gasteiger partial charge on any atom is -0.478 e. The van der Waals surface area contributed by atoms with Gasteiger partial charge < -0.3 is 15.2 Å². The second-order valence-electron chi connectivity index (χ2n) is 6.51. The maximum absolute atomic E-state index is 12.5. The van der Waals surface area contributed by atoms with E-state index >= 15 is 0 Å². The molecule has 5 heteroatoms. The number of benzene rings is 2. The van der Waals surface area contributed by atoms with E-state index in [1.54, 1.807) is 24.3 Å². The van der Waals surface area contributed by atoms with E-state index in [1.165, 1.54) is 0 Å². The number of ether oxygens (including phenoxy) is 1. The fraction of sp³-hybridized carbons (Fsp3) is 0.333. The van der Waals surface area contributed by atoms with E-state index in [1.807, 2.05) is 30.3 Å². The Bertz CT molecular complexity index is 736. The molecule has 1 saturated heterocycles. The summed E-state index contributed by atoms with van der Waals surface area (Å²) in [5.41, 5.74) is 2.25. The van der Waals surface area contributed by atoms with Crippen molar-refractivity contribution < 1.29 is 19.4 Å². The van der Waals surface area contributed by atoms with Gasteiger partial charge in [-0.05, 0) is 42.5 Å². The molecule has 2 atom stereocenters. The summed E-state index contributed by atoms with van der Waals surface area (Å²) in [5.74, 6) is -0.978. The normalized spacial score (nSPS) is 17.6. The van der Waals surface area contributed by atoms with E-state index in [-0.39, 0.29) is 23.6 Å².